The highest BCUT2D eigenvalue weighted by atomic mass is 32.2. The second-order valence-corrected chi connectivity index (χ2v) is 12.6. The lowest BCUT2D eigenvalue weighted by atomic mass is 9.92. The Labute approximate surface area is 230 Å². The average molecular weight is 613 g/mol. The quantitative estimate of drug-likeness (QED) is 0.267. The summed E-state index contributed by atoms with van der Waals surface area (Å²) < 4.78 is 109. The molecule has 1 aliphatic heterocycles. The zero-order chi connectivity index (χ0) is 29.5. The molecule has 0 saturated heterocycles. The second-order valence-electron chi connectivity index (χ2n) is 9.54. The summed E-state index contributed by atoms with van der Waals surface area (Å²) in [5.74, 6) is 0.301. The SMILES string of the molecule is CCOC(=O)N1Cc2cc(S(=O)(=O)CC3CC3)ccc2C1SCNc1ccc(C(O)(C(F)(F)F)C(F)(F)F)cc1. The third-order valence-corrected chi connectivity index (χ3v) is 9.68. The first-order chi connectivity index (χ1) is 18.6. The van der Waals surface area contributed by atoms with E-state index in [0.717, 1.165) is 25.0 Å². The molecule has 40 heavy (non-hydrogen) atoms. The second kappa shape index (κ2) is 11.0. The Balaban J connectivity index is 1.49. The summed E-state index contributed by atoms with van der Waals surface area (Å²) in [6.45, 7) is 1.84. The Morgan fingerprint density at radius 1 is 1.07 bits per heavy atom. The third kappa shape index (κ3) is 6.00. The maximum absolute atomic E-state index is 13.1. The normalized spacial score (nSPS) is 18.0. The van der Waals surface area contributed by atoms with Crippen LogP contribution in [0, 0.1) is 5.92 Å². The van der Waals surface area contributed by atoms with Gasteiger partial charge in [-0.2, -0.15) is 26.3 Å². The lowest BCUT2D eigenvalue weighted by molar-refractivity contribution is -0.376. The number of hydrogen-bond acceptors (Lipinski definition) is 7. The number of rotatable bonds is 9. The smallest absolute Gasteiger partial charge is 0.430 e. The largest absolute Gasteiger partial charge is 0.450 e. The topological polar surface area (TPSA) is 95.9 Å². The van der Waals surface area contributed by atoms with Crippen molar-refractivity contribution in [1.82, 2.24) is 4.90 Å². The molecule has 1 heterocycles. The molecule has 0 bridgehead atoms. The van der Waals surface area contributed by atoms with Crippen molar-refractivity contribution in [2.45, 2.75) is 54.5 Å². The zero-order valence-corrected chi connectivity index (χ0v) is 22.7. The number of carbonyl (C=O) groups excluding carboxylic acids is 1. The van der Waals surface area contributed by atoms with E-state index in [1.165, 1.54) is 22.7 Å². The summed E-state index contributed by atoms with van der Waals surface area (Å²) in [5, 5.41) is 11.8. The number of carbonyl (C=O) groups is 1. The van der Waals surface area contributed by atoms with Crippen LogP contribution in [-0.4, -0.2) is 55.1 Å². The van der Waals surface area contributed by atoms with E-state index in [4.69, 9.17) is 4.74 Å². The van der Waals surface area contributed by atoms with E-state index in [0.29, 0.717) is 23.3 Å². The molecule has 2 aliphatic rings. The van der Waals surface area contributed by atoms with Gasteiger partial charge >= 0.3 is 18.4 Å². The number of ether oxygens (including phenoxy) is 1. The molecule has 1 amide bonds. The molecule has 2 N–H and O–H groups in total. The number of nitrogens with one attached hydrogen (secondary N) is 1. The van der Waals surface area contributed by atoms with E-state index < -0.39 is 44.8 Å². The highest BCUT2D eigenvalue weighted by molar-refractivity contribution is 7.99. The molecule has 0 aromatic heterocycles. The molecule has 1 saturated carbocycles. The highest BCUT2D eigenvalue weighted by Gasteiger charge is 2.71. The molecule has 7 nitrogen and oxygen atoms in total. The number of alkyl halides is 6. The fourth-order valence-corrected chi connectivity index (χ4v) is 7.25. The van der Waals surface area contributed by atoms with Gasteiger partial charge in [0.15, 0.2) is 9.84 Å². The maximum Gasteiger partial charge on any atom is 0.430 e. The summed E-state index contributed by atoms with van der Waals surface area (Å²) >= 11 is 1.19. The Morgan fingerprint density at radius 3 is 2.25 bits per heavy atom. The van der Waals surface area contributed by atoms with Gasteiger partial charge in [-0.1, -0.05) is 18.2 Å². The Morgan fingerprint density at radius 2 is 1.70 bits per heavy atom. The first-order valence-electron chi connectivity index (χ1n) is 12.2. The molecule has 15 heteroatoms. The summed E-state index contributed by atoms with van der Waals surface area (Å²) in [6.07, 6.45) is -10.8. The maximum atomic E-state index is 13.1. The van der Waals surface area contributed by atoms with E-state index in [2.05, 4.69) is 5.32 Å². The predicted molar refractivity (Wildman–Crippen MR) is 135 cm³/mol. The number of hydrogen-bond donors (Lipinski definition) is 2. The van der Waals surface area contributed by atoms with Gasteiger partial charge in [0.2, 0.25) is 0 Å². The average Bonchev–Trinajstić information content (AvgIpc) is 3.59. The van der Waals surface area contributed by atoms with Crippen molar-refractivity contribution in [3.8, 4) is 0 Å². The van der Waals surface area contributed by atoms with E-state index in [1.807, 2.05) is 0 Å². The van der Waals surface area contributed by atoms with Crippen LogP contribution in [0.4, 0.5) is 36.8 Å². The zero-order valence-electron chi connectivity index (χ0n) is 21.1. The van der Waals surface area contributed by atoms with E-state index in [-0.39, 0.29) is 41.3 Å². The number of aliphatic hydroxyl groups is 1. The highest BCUT2D eigenvalue weighted by Crippen LogP contribution is 2.50. The Bertz CT molecular complexity index is 1330. The van der Waals surface area contributed by atoms with Crippen molar-refractivity contribution in [3.05, 3.63) is 59.2 Å². The van der Waals surface area contributed by atoms with Gasteiger partial charge in [-0.25, -0.2) is 13.2 Å². The summed E-state index contributed by atoms with van der Waals surface area (Å²) in [5.41, 5.74) is -4.92. The number of nitrogens with zero attached hydrogens (tertiary/aromatic N) is 1. The molecule has 0 spiro atoms. The van der Waals surface area contributed by atoms with Crippen LogP contribution >= 0.6 is 11.8 Å². The molecule has 0 radical (unpaired) electrons. The van der Waals surface area contributed by atoms with Crippen LogP contribution in [0.25, 0.3) is 0 Å². The van der Waals surface area contributed by atoms with Crippen LogP contribution in [0.15, 0.2) is 47.4 Å². The van der Waals surface area contributed by atoms with Crippen molar-refractivity contribution in [2.75, 3.05) is 23.6 Å². The molecule has 4 rings (SSSR count). The van der Waals surface area contributed by atoms with Gasteiger partial charge in [0.1, 0.15) is 5.37 Å². The lowest BCUT2D eigenvalue weighted by Gasteiger charge is -2.32. The molecule has 1 atom stereocenters. The number of anilines is 1. The number of thioether (sulfide) groups is 1. The fourth-order valence-electron chi connectivity index (χ4n) is 4.35. The molecule has 1 fully saturated rings. The molecule has 1 aliphatic carbocycles. The van der Waals surface area contributed by atoms with Gasteiger partial charge in [0, 0.05) is 11.3 Å². The number of benzene rings is 2. The van der Waals surface area contributed by atoms with E-state index in [1.54, 1.807) is 19.1 Å². The summed E-state index contributed by atoms with van der Waals surface area (Å²) in [4.78, 5) is 14.2. The molecular weight excluding hydrogens is 586 g/mol. The standard InChI is InChI=1S/C25H26F6N2O5S2/c1-2-38-22(34)33-12-16-11-19(40(36,37)13-15-3-4-15)9-10-20(16)21(33)39-14-32-18-7-5-17(6-8-18)23(35,24(26,27)28)25(29,30)31/h5-11,15,21,32,35H,2-4,12-14H2,1H3. The summed E-state index contributed by atoms with van der Waals surface area (Å²) in [6, 6.07) is 7.70. The van der Waals surface area contributed by atoms with Gasteiger partial charge < -0.3 is 15.2 Å². The van der Waals surface area contributed by atoms with Gasteiger partial charge in [-0.05, 0) is 61.1 Å². The van der Waals surface area contributed by atoms with Crippen molar-refractivity contribution in [2.24, 2.45) is 5.92 Å². The van der Waals surface area contributed by atoms with Crippen molar-refractivity contribution in [3.63, 3.8) is 0 Å². The van der Waals surface area contributed by atoms with Crippen molar-refractivity contribution < 1.29 is 49.4 Å². The molecule has 2 aromatic rings. The van der Waals surface area contributed by atoms with E-state index in [9.17, 15) is 44.7 Å². The van der Waals surface area contributed by atoms with Gasteiger partial charge in [-0.15, -0.1) is 11.8 Å². The van der Waals surface area contributed by atoms with Crippen LogP contribution in [-0.2, 0) is 26.7 Å². The van der Waals surface area contributed by atoms with Crippen LogP contribution in [0.2, 0.25) is 0 Å². The van der Waals surface area contributed by atoms with Crippen LogP contribution in [0.3, 0.4) is 0 Å². The first-order valence-corrected chi connectivity index (χ1v) is 14.9. The van der Waals surface area contributed by atoms with Gasteiger partial charge in [0.25, 0.3) is 5.60 Å². The minimum atomic E-state index is -5.99. The van der Waals surface area contributed by atoms with Crippen molar-refractivity contribution in [1.29, 1.82) is 0 Å². The predicted octanol–water partition coefficient (Wildman–Crippen LogP) is 5.96. The molecular formula is C25H26F6N2O5S2. The van der Waals surface area contributed by atoms with Gasteiger partial charge in [0.05, 0.1) is 29.7 Å². The van der Waals surface area contributed by atoms with Crippen LogP contribution < -0.4 is 5.32 Å². The first kappa shape index (κ1) is 30.3. The fraction of sp³-hybridized carbons (Fsp3) is 0.480. The number of amides is 1. The van der Waals surface area contributed by atoms with E-state index >= 15 is 0 Å². The molecule has 2 aromatic carbocycles. The number of fused-ring (bicyclic) bond motifs is 1. The molecule has 1 unspecified atom stereocenters. The number of halogens is 6. The Kier molecular flexibility index (Phi) is 8.31. The minimum Gasteiger partial charge on any atom is -0.450 e. The van der Waals surface area contributed by atoms with Crippen molar-refractivity contribution >= 4 is 33.4 Å². The van der Waals surface area contributed by atoms with Crippen LogP contribution in [0.5, 0.6) is 0 Å². The third-order valence-electron chi connectivity index (χ3n) is 6.66. The monoisotopic (exact) mass is 612 g/mol. The minimum absolute atomic E-state index is 0.0671. The number of sulfone groups is 1. The lowest BCUT2D eigenvalue weighted by Crippen LogP contribution is -2.53. The Hall–Kier alpha value is -2.65. The van der Waals surface area contributed by atoms with Crippen LogP contribution in [0.1, 0.15) is 41.8 Å². The summed E-state index contributed by atoms with van der Waals surface area (Å²) in [7, 11) is -3.48. The molecule has 220 valence electrons. The van der Waals surface area contributed by atoms with Gasteiger partial charge in [-0.3, -0.25) is 4.90 Å².